The number of benzene rings is 3. The lowest BCUT2D eigenvalue weighted by Crippen LogP contribution is -2.23. The van der Waals surface area contributed by atoms with Crippen molar-refractivity contribution in [1.82, 2.24) is 0 Å². The number of anilines is 1. The predicted molar refractivity (Wildman–Crippen MR) is 92.6 cm³/mol. The minimum absolute atomic E-state index is 0.562. The smallest absolute Gasteiger partial charge is 0.0897 e. The zero-order valence-electron chi connectivity index (χ0n) is 11.6. The molecule has 0 unspecified atom stereocenters. The summed E-state index contributed by atoms with van der Waals surface area (Å²) in [6, 6.07) is 28.4. The molecule has 1 nitrogen and oxygen atoms in total. The molecule has 0 aromatic heterocycles. The van der Waals surface area contributed by atoms with E-state index in [0.717, 1.165) is 22.4 Å². The highest BCUT2D eigenvalue weighted by Crippen LogP contribution is 2.44. The highest BCUT2D eigenvalue weighted by Gasteiger charge is 2.33. The molecular weight excluding hydrogens is 274 g/mol. The molecule has 21 heavy (non-hydrogen) atoms. The molecule has 2 N–H and O–H groups in total. The van der Waals surface area contributed by atoms with Crippen molar-refractivity contribution in [3.63, 3.8) is 0 Å². The predicted octanol–water partition coefficient (Wildman–Crippen LogP) is 4.49. The van der Waals surface area contributed by atoms with E-state index in [1.165, 1.54) is 0 Å². The monoisotopic (exact) mass is 291 g/mol. The summed E-state index contributed by atoms with van der Waals surface area (Å²) >= 11 is 5.08. The maximum atomic E-state index is 6.23. The van der Waals surface area contributed by atoms with Gasteiger partial charge in [-0.3, -0.25) is 0 Å². The summed E-state index contributed by atoms with van der Waals surface area (Å²) in [5.74, 6) is 0. The van der Waals surface area contributed by atoms with Gasteiger partial charge in [-0.15, -0.1) is 0 Å². The van der Waals surface area contributed by atoms with Crippen molar-refractivity contribution < 1.29 is 0 Å². The van der Waals surface area contributed by atoms with Gasteiger partial charge in [0.25, 0.3) is 0 Å². The Morgan fingerprint density at radius 1 is 0.619 bits per heavy atom. The minimum atomic E-state index is -0.562. The highest BCUT2D eigenvalue weighted by molar-refractivity contribution is 7.81. The topological polar surface area (TPSA) is 26.0 Å². The summed E-state index contributed by atoms with van der Waals surface area (Å²) in [6.07, 6.45) is 0. The van der Waals surface area contributed by atoms with Crippen LogP contribution in [-0.4, -0.2) is 0 Å². The van der Waals surface area contributed by atoms with Gasteiger partial charge >= 0.3 is 0 Å². The van der Waals surface area contributed by atoms with E-state index in [0.29, 0.717) is 0 Å². The standard InChI is InChI=1S/C19H17NS/c20-18-14-8-7-13-17(18)19(21,15-9-3-1-4-10-15)16-11-5-2-6-12-16/h1-14,21H,20H2. The van der Waals surface area contributed by atoms with Crippen molar-refractivity contribution in [2.24, 2.45) is 0 Å². The summed E-state index contributed by atoms with van der Waals surface area (Å²) in [7, 11) is 0. The van der Waals surface area contributed by atoms with Crippen molar-refractivity contribution in [2.75, 3.05) is 5.73 Å². The third-order valence-electron chi connectivity index (χ3n) is 3.73. The molecule has 2 heteroatoms. The van der Waals surface area contributed by atoms with Crippen LogP contribution in [0, 0.1) is 0 Å². The average Bonchev–Trinajstić information content (AvgIpc) is 2.56. The number of thiol groups is 1. The quantitative estimate of drug-likeness (QED) is 0.415. The van der Waals surface area contributed by atoms with Gasteiger partial charge in [0.15, 0.2) is 0 Å². The molecule has 0 atom stereocenters. The zero-order valence-corrected chi connectivity index (χ0v) is 12.5. The Balaban J connectivity index is 2.29. The van der Waals surface area contributed by atoms with Crippen molar-refractivity contribution in [3.05, 3.63) is 102 Å². The largest absolute Gasteiger partial charge is 0.398 e. The molecule has 3 rings (SSSR count). The Morgan fingerprint density at radius 3 is 1.52 bits per heavy atom. The first-order chi connectivity index (χ1) is 10.2. The van der Waals surface area contributed by atoms with Crippen molar-refractivity contribution >= 4 is 18.3 Å². The maximum absolute atomic E-state index is 6.23. The molecule has 3 aromatic carbocycles. The fourth-order valence-electron chi connectivity index (χ4n) is 2.66. The van der Waals surface area contributed by atoms with E-state index < -0.39 is 4.75 Å². The average molecular weight is 291 g/mol. The van der Waals surface area contributed by atoms with E-state index in [-0.39, 0.29) is 0 Å². The van der Waals surface area contributed by atoms with Gasteiger partial charge in [-0.05, 0) is 22.8 Å². The summed E-state index contributed by atoms with van der Waals surface area (Å²) in [5.41, 5.74) is 10.2. The van der Waals surface area contributed by atoms with Crippen LogP contribution in [-0.2, 0) is 4.75 Å². The number of para-hydroxylation sites is 1. The van der Waals surface area contributed by atoms with Gasteiger partial charge in [0.2, 0.25) is 0 Å². The lowest BCUT2D eigenvalue weighted by molar-refractivity contribution is 0.908. The van der Waals surface area contributed by atoms with Gasteiger partial charge in [-0.1, -0.05) is 78.9 Å². The van der Waals surface area contributed by atoms with Crippen LogP contribution in [0.5, 0.6) is 0 Å². The van der Waals surface area contributed by atoms with Gasteiger partial charge < -0.3 is 5.73 Å². The Labute approximate surface area is 130 Å². The third kappa shape index (κ3) is 2.43. The number of rotatable bonds is 3. The van der Waals surface area contributed by atoms with E-state index >= 15 is 0 Å². The number of hydrogen-bond donors (Lipinski definition) is 2. The first kappa shape index (κ1) is 13.8. The molecule has 0 bridgehead atoms. The van der Waals surface area contributed by atoms with Crippen LogP contribution in [0.2, 0.25) is 0 Å². The van der Waals surface area contributed by atoms with Gasteiger partial charge in [0, 0.05) is 5.69 Å². The van der Waals surface area contributed by atoms with Crippen LogP contribution in [0.1, 0.15) is 16.7 Å². The normalized spacial score (nSPS) is 11.3. The summed E-state index contributed by atoms with van der Waals surface area (Å²) < 4.78 is -0.562. The minimum Gasteiger partial charge on any atom is -0.398 e. The number of hydrogen-bond acceptors (Lipinski definition) is 2. The summed E-state index contributed by atoms with van der Waals surface area (Å²) in [6.45, 7) is 0. The van der Waals surface area contributed by atoms with Crippen LogP contribution < -0.4 is 5.73 Å². The Bertz CT molecular complexity index is 683. The fraction of sp³-hybridized carbons (Fsp3) is 0.0526. The van der Waals surface area contributed by atoms with E-state index in [2.05, 4.69) is 24.3 Å². The molecule has 0 amide bonds. The SMILES string of the molecule is Nc1ccccc1C(S)(c1ccccc1)c1ccccc1. The lowest BCUT2D eigenvalue weighted by atomic mass is 9.83. The van der Waals surface area contributed by atoms with Gasteiger partial charge in [0.05, 0.1) is 4.75 Å². The Morgan fingerprint density at radius 2 is 1.05 bits per heavy atom. The van der Waals surface area contributed by atoms with Crippen LogP contribution in [0.15, 0.2) is 84.9 Å². The molecule has 3 aromatic rings. The summed E-state index contributed by atoms with van der Waals surface area (Å²) in [5, 5.41) is 0. The maximum Gasteiger partial charge on any atom is 0.0897 e. The molecular formula is C19H17NS. The second-order valence-electron chi connectivity index (χ2n) is 5.03. The number of nitrogen functional groups attached to an aromatic ring is 1. The van der Waals surface area contributed by atoms with Crippen molar-refractivity contribution in [1.29, 1.82) is 0 Å². The van der Waals surface area contributed by atoms with Crippen LogP contribution in [0.3, 0.4) is 0 Å². The van der Waals surface area contributed by atoms with E-state index in [1.807, 2.05) is 60.7 Å². The summed E-state index contributed by atoms with van der Waals surface area (Å²) in [4.78, 5) is 0. The van der Waals surface area contributed by atoms with Crippen LogP contribution in [0.4, 0.5) is 5.69 Å². The highest BCUT2D eigenvalue weighted by atomic mass is 32.1. The first-order valence-electron chi connectivity index (χ1n) is 6.91. The molecule has 0 aliphatic rings. The molecule has 0 radical (unpaired) electrons. The van der Waals surface area contributed by atoms with E-state index in [4.69, 9.17) is 18.4 Å². The van der Waals surface area contributed by atoms with Gasteiger partial charge in [-0.25, -0.2) is 0 Å². The van der Waals surface area contributed by atoms with Gasteiger partial charge in [-0.2, -0.15) is 12.6 Å². The molecule has 0 heterocycles. The Hall–Kier alpha value is -2.19. The molecule has 104 valence electrons. The molecule has 0 aliphatic heterocycles. The van der Waals surface area contributed by atoms with Gasteiger partial charge in [0.1, 0.15) is 0 Å². The molecule has 0 saturated carbocycles. The molecule has 0 saturated heterocycles. The van der Waals surface area contributed by atoms with Crippen LogP contribution in [0.25, 0.3) is 0 Å². The molecule has 0 fully saturated rings. The second-order valence-corrected chi connectivity index (χ2v) is 5.70. The Kier molecular flexibility index (Phi) is 3.72. The second kappa shape index (κ2) is 5.66. The zero-order chi connectivity index (χ0) is 14.7. The van der Waals surface area contributed by atoms with E-state index in [1.54, 1.807) is 0 Å². The fourth-order valence-corrected chi connectivity index (χ4v) is 3.16. The van der Waals surface area contributed by atoms with Crippen molar-refractivity contribution in [2.45, 2.75) is 4.75 Å². The number of nitrogens with two attached hydrogens (primary N) is 1. The first-order valence-corrected chi connectivity index (χ1v) is 7.36. The van der Waals surface area contributed by atoms with Crippen LogP contribution >= 0.6 is 12.6 Å². The van der Waals surface area contributed by atoms with E-state index in [9.17, 15) is 0 Å². The van der Waals surface area contributed by atoms with Crippen molar-refractivity contribution in [3.8, 4) is 0 Å². The molecule has 0 spiro atoms. The lowest BCUT2D eigenvalue weighted by Gasteiger charge is -2.31. The third-order valence-corrected chi connectivity index (χ3v) is 4.49. The molecule has 0 aliphatic carbocycles.